The zero-order chi connectivity index (χ0) is 62.7. The number of hydrogen-bond donors (Lipinski definition) is 1. The Labute approximate surface area is 405 Å². The van der Waals surface area contributed by atoms with Crippen molar-refractivity contribution in [2.75, 3.05) is 0 Å². The Kier molecular flexibility index (Phi) is 6.17. The van der Waals surface area contributed by atoms with Gasteiger partial charge in [-0.3, -0.25) is 9.55 Å². The maximum atomic E-state index is 13.0. The molecule has 0 fully saturated rings. The van der Waals surface area contributed by atoms with Crippen LogP contribution in [0.5, 0.6) is 5.75 Å². The van der Waals surface area contributed by atoms with Crippen molar-refractivity contribution in [2.45, 2.75) is 111 Å². The van der Waals surface area contributed by atoms with Gasteiger partial charge in [-0.15, -0.1) is 0 Å². The fourth-order valence-corrected chi connectivity index (χ4v) is 7.90. The lowest BCUT2D eigenvalue weighted by molar-refractivity contribution is 0.446. The number of para-hydroxylation sites is 1. The van der Waals surface area contributed by atoms with Crippen molar-refractivity contribution < 1.29 is 33.9 Å². The highest BCUT2D eigenvalue weighted by Gasteiger charge is 2.29. The van der Waals surface area contributed by atoms with E-state index in [0.717, 1.165) is 22.3 Å². The van der Waals surface area contributed by atoms with E-state index >= 15 is 0 Å². The normalized spacial score (nSPS) is 18.9. The first-order valence-corrected chi connectivity index (χ1v) is 20.6. The van der Waals surface area contributed by atoms with Crippen molar-refractivity contribution in [3.8, 4) is 67.5 Å². The molecule has 1 N–H and O–H groups in total. The average molecular weight is 851 g/mol. The molecule has 0 aliphatic heterocycles. The van der Waals surface area contributed by atoms with Gasteiger partial charge in [-0.25, -0.2) is 4.98 Å². The molecular weight excluding hydrogens is 767 g/mol. The van der Waals surface area contributed by atoms with Crippen molar-refractivity contribution in [1.82, 2.24) is 14.5 Å². The lowest BCUT2D eigenvalue weighted by Crippen LogP contribution is -2.17. The summed E-state index contributed by atoms with van der Waals surface area (Å²) >= 11 is 0. The van der Waals surface area contributed by atoms with Gasteiger partial charge in [0, 0.05) is 51.7 Å². The first kappa shape index (κ1) is 24.5. The molecule has 0 saturated heterocycles. The Morgan fingerprint density at radius 3 is 1.84 bits per heavy atom. The zero-order valence-electron chi connectivity index (χ0n) is 57.1. The molecule has 8 aromatic rings. The second-order valence-electron chi connectivity index (χ2n) is 18.3. The highest BCUT2D eigenvalue weighted by atomic mass is 16.3. The summed E-state index contributed by atoms with van der Waals surface area (Å²) in [6, 6.07) is 36.7. The van der Waals surface area contributed by atoms with Crippen molar-refractivity contribution in [3.05, 3.63) is 167 Å². The topological polar surface area (TPSA) is 50.9 Å². The van der Waals surface area contributed by atoms with Crippen LogP contribution in [-0.2, 0) is 21.7 Å². The molecule has 0 spiro atoms. The van der Waals surface area contributed by atoms with E-state index in [1.807, 2.05) is 126 Å². The van der Waals surface area contributed by atoms with Gasteiger partial charge in [-0.2, -0.15) is 0 Å². The van der Waals surface area contributed by atoms with E-state index in [4.69, 9.17) is 38.8 Å². The molecule has 4 nitrogen and oxygen atoms in total. The third-order valence-corrected chi connectivity index (χ3v) is 11.5. The maximum absolute atomic E-state index is 13.0. The predicted molar refractivity (Wildman–Crippen MR) is 267 cm³/mol. The molecule has 0 atom stereocenters. The molecule has 4 heteroatoms. The summed E-state index contributed by atoms with van der Waals surface area (Å²) in [7, 11) is 0. The van der Waals surface area contributed by atoms with Gasteiger partial charge in [-0.05, 0) is 127 Å². The van der Waals surface area contributed by atoms with E-state index in [9.17, 15) is 5.11 Å². The summed E-state index contributed by atoms with van der Waals surface area (Å²) in [5.74, 6) is -2.12. The number of phenolic OH excluding ortho intramolecular Hbond substituents is 1. The number of benzene rings is 6. The lowest BCUT2D eigenvalue weighted by atomic mass is 9.79. The quantitative estimate of drug-likeness (QED) is 0.181. The Morgan fingerprint density at radius 1 is 0.508 bits per heavy atom. The monoisotopic (exact) mass is 851 g/mol. The van der Waals surface area contributed by atoms with Crippen LogP contribution in [-0.4, -0.2) is 19.6 Å². The number of rotatable bonds is 6. The van der Waals surface area contributed by atoms with Gasteiger partial charge in [0.05, 0.1) is 28.0 Å². The van der Waals surface area contributed by atoms with Crippen molar-refractivity contribution >= 4 is 11.0 Å². The Balaban J connectivity index is 1.61. The van der Waals surface area contributed by atoms with Gasteiger partial charge < -0.3 is 5.11 Å². The largest absolute Gasteiger partial charge is 0.507 e. The zero-order valence-corrected chi connectivity index (χ0v) is 36.1. The number of hydrogen-bond acceptors (Lipinski definition) is 3. The van der Waals surface area contributed by atoms with Gasteiger partial charge in [0.2, 0.25) is 0 Å². The number of pyridine rings is 1. The summed E-state index contributed by atoms with van der Waals surface area (Å²) in [6.45, 7) is -15.9. The van der Waals surface area contributed by atoms with Gasteiger partial charge in [0.25, 0.3) is 0 Å². The van der Waals surface area contributed by atoms with Crippen LogP contribution in [0.1, 0.15) is 139 Å². The third-order valence-electron chi connectivity index (χ3n) is 11.5. The second-order valence-corrected chi connectivity index (χ2v) is 18.3. The number of nitrogens with zero attached hydrogens (tertiary/aromatic N) is 3. The van der Waals surface area contributed by atoms with Gasteiger partial charge in [0.15, 0.2) is 0 Å². The molecule has 0 bridgehead atoms. The van der Waals surface area contributed by atoms with Gasteiger partial charge in [-0.1, -0.05) is 168 Å². The Hall–Kier alpha value is -6.26. The molecule has 0 saturated carbocycles. The van der Waals surface area contributed by atoms with Crippen LogP contribution in [0.2, 0.25) is 0 Å². The molecule has 0 aliphatic carbocycles. The fourth-order valence-electron chi connectivity index (χ4n) is 7.90. The number of aromatic hydroxyl groups is 1. The van der Waals surface area contributed by atoms with Crippen molar-refractivity contribution in [2.24, 2.45) is 0 Å². The first-order chi connectivity index (χ1) is 38.3. The minimum absolute atomic E-state index is 0.0163. The predicted octanol–water partition coefficient (Wildman–Crippen LogP) is 16.0. The first-order valence-electron chi connectivity index (χ1n) is 31.1. The molecule has 320 valence electrons. The fraction of sp³-hybridized carbons (Fsp3) is 0.288. The van der Waals surface area contributed by atoms with E-state index in [2.05, 4.69) is 0 Å². The number of fused-ring (bicyclic) bond motifs is 1. The van der Waals surface area contributed by atoms with E-state index in [0.29, 0.717) is 39.6 Å². The average Bonchev–Trinajstić information content (AvgIpc) is 0.797. The summed E-state index contributed by atoms with van der Waals surface area (Å²) in [6.07, 6.45) is 1.68. The van der Waals surface area contributed by atoms with Crippen LogP contribution in [0.15, 0.2) is 140 Å². The molecular formula is C59H63N3O. The van der Waals surface area contributed by atoms with Crippen LogP contribution in [0.4, 0.5) is 0 Å². The van der Waals surface area contributed by atoms with Crippen LogP contribution in [0.3, 0.4) is 0 Å². The highest BCUT2D eigenvalue weighted by Crippen LogP contribution is 2.45. The molecule has 2 heterocycles. The standard InChI is InChI=1S/C59H63N3O/c1-37-30-40(39-22-25-44(26-23-39)56(2,3)4)24-27-51(37)62-52-21-17-20-47(53(52)61-55(62)48-35-46(58(8,9)10)36-49(54(48)63)59(11,12)13)42-31-43(33-45(32-42)57(5,6)7)50-34-41(28-29-60-50)38-18-15-14-16-19-38/h14-36,63H,1-13H3/i1D3,8D3,9D3,10D3,11D3,12D3,13D3. The molecule has 0 aliphatic rings. The Morgan fingerprint density at radius 2 is 1.16 bits per heavy atom. The van der Waals surface area contributed by atoms with Crippen molar-refractivity contribution in [3.63, 3.8) is 0 Å². The highest BCUT2D eigenvalue weighted by molar-refractivity contribution is 5.97. The number of phenols is 1. The summed E-state index contributed by atoms with van der Waals surface area (Å²) in [4.78, 5) is 9.82. The smallest absolute Gasteiger partial charge is 0.149 e. The van der Waals surface area contributed by atoms with Crippen LogP contribution < -0.4 is 0 Å². The molecule has 0 unspecified atom stereocenters. The second kappa shape index (κ2) is 15.8. The summed E-state index contributed by atoms with van der Waals surface area (Å²) in [5, 5.41) is 13.0. The number of aryl methyl sites for hydroxylation is 1. The van der Waals surface area contributed by atoms with Crippen LogP contribution in [0.25, 0.3) is 72.7 Å². The number of imidazole rings is 1. The molecule has 0 amide bonds. The lowest BCUT2D eigenvalue weighted by Gasteiger charge is -2.27. The maximum Gasteiger partial charge on any atom is 0.149 e. The molecule has 63 heavy (non-hydrogen) atoms. The summed E-state index contributed by atoms with van der Waals surface area (Å²) < 4.78 is 186. The number of aromatic nitrogens is 3. The summed E-state index contributed by atoms with van der Waals surface area (Å²) in [5.41, 5.74) is -6.69. The van der Waals surface area contributed by atoms with Gasteiger partial charge in [0.1, 0.15) is 11.6 Å². The molecule has 8 rings (SSSR count). The van der Waals surface area contributed by atoms with E-state index in [1.165, 1.54) is 22.8 Å². The van der Waals surface area contributed by atoms with E-state index in [1.54, 1.807) is 24.4 Å². The molecule has 2 aromatic heterocycles. The minimum Gasteiger partial charge on any atom is -0.507 e. The van der Waals surface area contributed by atoms with Crippen LogP contribution in [0, 0.1) is 6.85 Å². The van der Waals surface area contributed by atoms with Crippen molar-refractivity contribution in [1.29, 1.82) is 0 Å². The Bertz CT molecular complexity index is 3700. The van der Waals surface area contributed by atoms with E-state index in [-0.39, 0.29) is 33.8 Å². The van der Waals surface area contributed by atoms with Crippen LogP contribution >= 0.6 is 0 Å². The third kappa shape index (κ3) is 8.61. The van der Waals surface area contributed by atoms with E-state index < -0.39 is 92.5 Å². The molecule has 6 aromatic carbocycles. The SMILES string of the molecule is [2H]C([2H])([2H])c1cc(-c2ccc(C(C)(C)C)cc2)ccc1-n1c(-c2cc(C(C([2H])([2H])[2H])(C([2H])([2H])[2H])C([2H])([2H])[2H])cc(C(C([2H])([2H])[2H])(C([2H])([2H])[2H])C([2H])([2H])[2H])c2O)nc2c(-c3cc(-c4cc(-c5ccccc5)ccn4)cc(C(C)(C)C)c3)cccc21. The molecule has 0 radical (unpaired) electrons. The van der Waals surface area contributed by atoms with Gasteiger partial charge >= 0.3 is 0 Å². The minimum atomic E-state index is -4.22.